The molecule has 1 saturated heterocycles. The van der Waals surface area contributed by atoms with Crippen molar-refractivity contribution in [2.24, 2.45) is 23.7 Å². The SMILES string of the molecule is COC(=O)[C@H](C)[C@@H]1CC[C@@H](C)[C@@H]2CC[C@](C)(OC)OO[C@]21C=O. The van der Waals surface area contributed by atoms with Crippen LogP contribution in [0.25, 0.3) is 0 Å². The third-order valence-electron chi connectivity index (χ3n) is 5.84. The molecule has 1 saturated carbocycles. The second-order valence-corrected chi connectivity index (χ2v) is 7.09. The number of aldehydes is 1. The molecule has 1 aliphatic heterocycles. The van der Waals surface area contributed by atoms with Gasteiger partial charge in [-0.3, -0.25) is 9.59 Å². The summed E-state index contributed by atoms with van der Waals surface area (Å²) in [5.41, 5.74) is -1.14. The van der Waals surface area contributed by atoms with Crippen LogP contribution in [0.4, 0.5) is 0 Å². The van der Waals surface area contributed by atoms with E-state index >= 15 is 0 Å². The van der Waals surface area contributed by atoms with Crippen LogP contribution in [0.1, 0.15) is 46.5 Å². The molecule has 0 radical (unpaired) electrons. The fourth-order valence-corrected chi connectivity index (χ4v) is 4.16. The van der Waals surface area contributed by atoms with Gasteiger partial charge in [0.2, 0.25) is 0 Å². The maximum absolute atomic E-state index is 12.1. The van der Waals surface area contributed by atoms with Gasteiger partial charge in [0.05, 0.1) is 13.0 Å². The Morgan fingerprint density at radius 3 is 2.52 bits per heavy atom. The van der Waals surface area contributed by atoms with Gasteiger partial charge in [-0.2, -0.15) is 0 Å². The molecule has 2 rings (SSSR count). The van der Waals surface area contributed by atoms with Crippen molar-refractivity contribution in [3.8, 4) is 0 Å². The lowest BCUT2D eigenvalue weighted by Gasteiger charge is -2.47. The van der Waals surface area contributed by atoms with Gasteiger partial charge in [-0.1, -0.05) is 13.8 Å². The van der Waals surface area contributed by atoms with Crippen LogP contribution in [-0.2, 0) is 28.8 Å². The Morgan fingerprint density at radius 1 is 1.26 bits per heavy atom. The smallest absolute Gasteiger partial charge is 0.308 e. The summed E-state index contributed by atoms with van der Waals surface area (Å²) in [7, 11) is 2.92. The van der Waals surface area contributed by atoms with Gasteiger partial charge in [-0.25, -0.2) is 9.78 Å². The van der Waals surface area contributed by atoms with E-state index in [1.54, 1.807) is 21.0 Å². The normalized spacial score (nSPS) is 42.2. The van der Waals surface area contributed by atoms with E-state index in [2.05, 4.69) is 6.92 Å². The molecule has 2 fully saturated rings. The van der Waals surface area contributed by atoms with Gasteiger partial charge in [0, 0.05) is 25.4 Å². The summed E-state index contributed by atoms with van der Waals surface area (Å²) in [4.78, 5) is 35.5. The highest BCUT2D eigenvalue weighted by atomic mass is 17.2. The van der Waals surface area contributed by atoms with E-state index in [1.807, 2.05) is 0 Å². The Morgan fingerprint density at radius 2 is 1.96 bits per heavy atom. The Balaban J connectivity index is 2.39. The predicted octanol–water partition coefficient (Wildman–Crippen LogP) is 2.50. The molecule has 0 N–H and O–H groups in total. The van der Waals surface area contributed by atoms with Crippen molar-refractivity contribution < 1.29 is 28.8 Å². The summed E-state index contributed by atoms with van der Waals surface area (Å²) in [6, 6.07) is 0. The van der Waals surface area contributed by atoms with Crippen molar-refractivity contribution in [1.29, 1.82) is 0 Å². The standard InChI is InChI=1S/C17H28O6/c1-11-6-7-14(12(2)15(19)20-4)17(10-18)13(11)8-9-16(3,21-5)22-23-17/h10-14H,6-9H2,1-5H3/t11-,12-,13+,14+,16-,17-/m1/s1. The molecule has 0 aromatic heterocycles. The quantitative estimate of drug-likeness (QED) is 0.448. The molecule has 0 aromatic rings. The Hall–Kier alpha value is -0.980. The number of methoxy groups -OCH3 is 2. The van der Waals surface area contributed by atoms with E-state index < -0.39 is 17.3 Å². The second-order valence-electron chi connectivity index (χ2n) is 7.09. The third kappa shape index (κ3) is 3.16. The van der Waals surface area contributed by atoms with Crippen LogP contribution in [0.3, 0.4) is 0 Å². The van der Waals surface area contributed by atoms with Crippen molar-refractivity contribution in [1.82, 2.24) is 0 Å². The van der Waals surface area contributed by atoms with E-state index in [-0.39, 0.29) is 17.8 Å². The fraction of sp³-hybridized carbons (Fsp3) is 0.882. The first-order valence-electron chi connectivity index (χ1n) is 8.29. The summed E-state index contributed by atoms with van der Waals surface area (Å²) in [5, 5.41) is 0. The molecule has 0 spiro atoms. The zero-order chi connectivity index (χ0) is 17.3. The van der Waals surface area contributed by atoms with Crippen molar-refractivity contribution in [2.45, 2.75) is 57.8 Å². The van der Waals surface area contributed by atoms with Crippen LogP contribution in [0.5, 0.6) is 0 Å². The molecule has 0 aromatic carbocycles. The summed E-state index contributed by atoms with van der Waals surface area (Å²) >= 11 is 0. The maximum Gasteiger partial charge on any atom is 0.308 e. The monoisotopic (exact) mass is 328 g/mol. The zero-order valence-corrected chi connectivity index (χ0v) is 14.7. The molecule has 0 bridgehead atoms. The Labute approximate surface area is 137 Å². The van der Waals surface area contributed by atoms with E-state index in [9.17, 15) is 9.59 Å². The number of esters is 1. The van der Waals surface area contributed by atoms with Crippen LogP contribution < -0.4 is 0 Å². The number of ether oxygens (including phenoxy) is 2. The number of carbonyl (C=O) groups is 2. The van der Waals surface area contributed by atoms with Gasteiger partial charge in [0.15, 0.2) is 17.7 Å². The van der Waals surface area contributed by atoms with E-state index in [4.69, 9.17) is 19.2 Å². The molecule has 6 heteroatoms. The lowest BCUT2D eigenvalue weighted by molar-refractivity contribution is -0.455. The summed E-state index contributed by atoms with van der Waals surface area (Å²) in [6.45, 7) is 5.71. The van der Waals surface area contributed by atoms with Crippen LogP contribution in [0.2, 0.25) is 0 Å². The van der Waals surface area contributed by atoms with Crippen molar-refractivity contribution in [3.63, 3.8) is 0 Å². The topological polar surface area (TPSA) is 71.1 Å². The second kappa shape index (κ2) is 6.87. The molecule has 1 heterocycles. The number of carbonyl (C=O) groups excluding carboxylic acids is 2. The molecule has 0 unspecified atom stereocenters. The zero-order valence-electron chi connectivity index (χ0n) is 14.7. The molecule has 23 heavy (non-hydrogen) atoms. The Bertz CT molecular complexity index is 452. The van der Waals surface area contributed by atoms with E-state index in [1.165, 1.54) is 7.11 Å². The minimum atomic E-state index is -1.14. The average molecular weight is 328 g/mol. The number of rotatable bonds is 4. The molecule has 132 valence electrons. The van der Waals surface area contributed by atoms with E-state index in [0.717, 1.165) is 25.5 Å². The van der Waals surface area contributed by atoms with Gasteiger partial charge in [-0.05, 0) is 32.1 Å². The van der Waals surface area contributed by atoms with Crippen molar-refractivity contribution >= 4 is 12.3 Å². The fourth-order valence-electron chi connectivity index (χ4n) is 4.16. The lowest BCUT2D eigenvalue weighted by atomic mass is 9.60. The largest absolute Gasteiger partial charge is 0.469 e. The summed E-state index contributed by atoms with van der Waals surface area (Å²) in [5.74, 6) is -1.62. The van der Waals surface area contributed by atoms with Crippen molar-refractivity contribution in [3.05, 3.63) is 0 Å². The molecular weight excluding hydrogens is 300 g/mol. The highest BCUT2D eigenvalue weighted by Crippen LogP contribution is 2.51. The molecular formula is C17H28O6. The maximum atomic E-state index is 12.1. The van der Waals surface area contributed by atoms with Gasteiger partial charge < -0.3 is 9.47 Å². The van der Waals surface area contributed by atoms with Gasteiger partial charge in [-0.15, -0.1) is 0 Å². The van der Waals surface area contributed by atoms with E-state index in [0.29, 0.717) is 12.3 Å². The lowest BCUT2D eigenvalue weighted by Crippen LogP contribution is -2.56. The van der Waals surface area contributed by atoms with Crippen molar-refractivity contribution in [2.75, 3.05) is 14.2 Å². The molecule has 2 aliphatic rings. The van der Waals surface area contributed by atoms with Gasteiger partial charge in [0.25, 0.3) is 0 Å². The predicted molar refractivity (Wildman–Crippen MR) is 82.2 cm³/mol. The number of hydrogen-bond acceptors (Lipinski definition) is 6. The molecule has 0 amide bonds. The molecule has 1 aliphatic carbocycles. The van der Waals surface area contributed by atoms with Crippen LogP contribution in [-0.4, -0.2) is 37.9 Å². The van der Waals surface area contributed by atoms with Gasteiger partial charge >= 0.3 is 5.97 Å². The van der Waals surface area contributed by atoms with Crippen LogP contribution >= 0.6 is 0 Å². The molecule has 6 nitrogen and oxygen atoms in total. The van der Waals surface area contributed by atoms with Crippen LogP contribution in [0, 0.1) is 23.7 Å². The van der Waals surface area contributed by atoms with Crippen LogP contribution in [0.15, 0.2) is 0 Å². The number of fused-ring (bicyclic) bond motifs is 1. The average Bonchev–Trinajstić information content (AvgIpc) is 2.73. The summed E-state index contributed by atoms with van der Waals surface area (Å²) < 4.78 is 10.3. The minimum absolute atomic E-state index is 0.0113. The first kappa shape index (κ1) is 18.4. The first-order valence-corrected chi connectivity index (χ1v) is 8.29. The molecule has 6 atom stereocenters. The van der Waals surface area contributed by atoms with Gasteiger partial charge in [0.1, 0.15) is 0 Å². The third-order valence-corrected chi connectivity index (χ3v) is 5.84. The minimum Gasteiger partial charge on any atom is -0.469 e. The number of hydrogen-bond donors (Lipinski definition) is 0. The highest BCUT2D eigenvalue weighted by Gasteiger charge is 2.58. The Kier molecular flexibility index (Phi) is 5.48. The summed E-state index contributed by atoms with van der Waals surface area (Å²) in [6.07, 6.45) is 3.87. The first-order chi connectivity index (χ1) is 10.8. The highest BCUT2D eigenvalue weighted by molar-refractivity contribution is 5.74.